The van der Waals surface area contributed by atoms with Crippen LogP contribution < -0.4 is 10.1 Å². The Morgan fingerprint density at radius 1 is 1.11 bits per heavy atom. The molecule has 4 nitrogen and oxygen atoms in total. The lowest BCUT2D eigenvalue weighted by Gasteiger charge is -2.20. The molecule has 1 aliphatic carbocycles. The number of carbonyl (C=O) groups is 1. The fourth-order valence-electron chi connectivity index (χ4n) is 3.72. The van der Waals surface area contributed by atoms with E-state index in [2.05, 4.69) is 5.32 Å². The van der Waals surface area contributed by atoms with Gasteiger partial charge in [0.2, 0.25) is 0 Å². The highest BCUT2D eigenvalue weighted by Gasteiger charge is 2.22. The molecule has 28 heavy (non-hydrogen) atoms. The number of fused-ring (bicyclic) bond motifs is 1. The zero-order valence-corrected chi connectivity index (χ0v) is 16.9. The third-order valence-electron chi connectivity index (χ3n) is 5.27. The third kappa shape index (κ3) is 4.20. The van der Waals surface area contributed by atoms with Crippen molar-refractivity contribution in [2.24, 2.45) is 0 Å². The minimum Gasteiger partial charge on any atom is -0.497 e. The zero-order valence-electron chi connectivity index (χ0n) is 16.1. The van der Waals surface area contributed by atoms with E-state index in [0.717, 1.165) is 33.7 Å². The maximum Gasteiger partial charge on any atom is 0.291 e. The first-order valence-corrected chi connectivity index (χ1v) is 10.9. The SMILES string of the molecule is COc1ccc(NC(=O)c2oc3ccccc3c2CSC2CCCCC2)cc1. The van der Waals surface area contributed by atoms with Crippen molar-refractivity contribution >= 4 is 34.3 Å². The van der Waals surface area contributed by atoms with Gasteiger partial charge in [-0.15, -0.1) is 0 Å². The Hall–Kier alpha value is -2.40. The van der Waals surface area contributed by atoms with Crippen LogP contribution in [-0.2, 0) is 5.75 Å². The molecular formula is C23H25NO3S. The summed E-state index contributed by atoms with van der Waals surface area (Å²) in [5.41, 5.74) is 2.48. The van der Waals surface area contributed by atoms with Gasteiger partial charge in [-0.05, 0) is 43.2 Å². The Balaban J connectivity index is 1.56. The van der Waals surface area contributed by atoms with Crippen molar-refractivity contribution in [3.8, 4) is 5.75 Å². The van der Waals surface area contributed by atoms with E-state index in [9.17, 15) is 4.79 Å². The van der Waals surface area contributed by atoms with Gasteiger partial charge in [0.05, 0.1) is 7.11 Å². The topological polar surface area (TPSA) is 51.5 Å². The van der Waals surface area contributed by atoms with Gasteiger partial charge in [-0.2, -0.15) is 11.8 Å². The summed E-state index contributed by atoms with van der Waals surface area (Å²) in [5, 5.41) is 4.66. The van der Waals surface area contributed by atoms with Crippen LogP contribution in [0.3, 0.4) is 0 Å². The van der Waals surface area contributed by atoms with E-state index in [1.165, 1.54) is 32.1 Å². The molecule has 0 bridgehead atoms. The molecule has 1 heterocycles. The molecule has 1 aromatic heterocycles. The number of amides is 1. The number of ether oxygens (including phenoxy) is 1. The summed E-state index contributed by atoms with van der Waals surface area (Å²) in [7, 11) is 1.62. The van der Waals surface area contributed by atoms with Gasteiger partial charge in [-0.1, -0.05) is 37.5 Å². The first-order chi connectivity index (χ1) is 13.7. The zero-order chi connectivity index (χ0) is 19.3. The fourth-order valence-corrected chi connectivity index (χ4v) is 5.08. The van der Waals surface area contributed by atoms with Crippen molar-refractivity contribution in [1.82, 2.24) is 0 Å². The monoisotopic (exact) mass is 395 g/mol. The van der Waals surface area contributed by atoms with Gasteiger partial charge in [-0.3, -0.25) is 4.79 Å². The number of anilines is 1. The summed E-state index contributed by atoms with van der Waals surface area (Å²) >= 11 is 1.96. The molecular weight excluding hydrogens is 370 g/mol. The molecule has 1 N–H and O–H groups in total. The molecule has 0 aliphatic heterocycles. The van der Waals surface area contributed by atoms with Gasteiger partial charge in [-0.25, -0.2) is 0 Å². The number of rotatable bonds is 6. The number of para-hydroxylation sites is 1. The molecule has 5 heteroatoms. The second kappa shape index (κ2) is 8.74. The van der Waals surface area contributed by atoms with Gasteiger partial charge in [0, 0.05) is 27.6 Å². The van der Waals surface area contributed by atoms with Crippen molar-refractivity contribution < 1.29 is 13.9 Å². The Morgan fingerprint density at radius 3 is 2.61 bits per heavy atom. The molecule has 1 amide bonds. The summed E-state index contributed by atoms with van der Waals surface area (Å²) < 4.78 is 11.1. The highest BCUT2D eigenvalue weighted by atomic mass is 32.2. The normalized spacial score (nSPS) is 14.9. The molecule has 0 unspecified atom stereocenters. The highest BCUT2D eigenvalue weighted by molar-refractivity contribution is 7.99. The number of benzene rings is 2. The summed E-state index contributed by atoms with van der Waals surface area (Å²) in [4.78, 5) is 13.0. The van der Waals surface area contributed by atoms with E-state index in [1.807, 2.05) is 60.3 Å². The average Bonchev–Trinajstić information content (AvgIpc) is 3.12. The minimum absolute atomic E-state index is 0.208. The molecule has 2 aromatic carbocycles. The fraction of sp³-hybridized carbons (Fsp3) is 0.348. The lowest BCUT2D eigenvalue weighted by atomic mass is 10.0. The molecule has 1 fully saturated rings. The maximum atomic E-state index is 13.0. The van der Waals surface area contributed by atoms with Crippen LogP contribution >= 0.6 is 11.8 Å². The summed E-state index contributed by atoms with van der Waals surface area (Å²) in [6.45, 7) is 0. The number of carbonyl (C=O) groups excluding carboxylic acids is 1. The molecule has 4 rings (SSSR count). The summed E-state index contributed by atoms with van der Waals surface area (Å²) in [5.74, 6) is 1.76. The van der Waals surface area contributed by atoms with Crippen molar-refractivity contribution in [3.05, 3.63) is 59.9 Å². The molecule has 0 radical (unpaired) electrons. The Kier molecular flexibility index (Phi) is 5.91. The smallest absolute Gasteiger partial charge is 0.291 e. The standard InChI is InChI=1S/C23H25NO3S/c1-26-17-13-11-16(12-14-17)24-23(25)22-20(15-28-18-7-3-2-4-8-18)19-9-5-6-10-21(19)27-22/h5-6,9-14,18H,2-4,7-8,15H2,1H3,(H,24,25). The van der Waals surface area contributed by atoms with Gasteiger partial charge >= 0.3 is 0 Å². The molecule has 146 valence electrons. The number of hydrogen-bond donors (Lipinski definition) is 1. The highest BCUT2D eigenvalue weighted by Crippen LogP contribution is 2.35. The Bertz CT molecular complexity index is 942. The predicted octanol–water partition coefficient (Wildman–Crippen LogP) is 6.26. The predicted molar refractivity (Wildman–Crippen MR) is 115 cm³/mol. The van der Waals surface area contributed by atoms with Crippen LogP contribution in [0, 0.1) is 0 Å². The number of nitrogens with one attached hydrogen (secondary N) is 1. The van der Waals surface area contributed by atoms with Crippen LogP contribution in [0.15, 0.2) is 52.9 Å². The molecule has 0 saturated heterocycles. The number of hydrogen-bond acceptors (Lipinski definition) is 4. The largest absolute Gasteiger partial charge is 0.497 e. The maximum absolute atomic E-state index is 13.0. The van der Waals surface area contributed by atoms with E-state index >= 15 is 0 Å². The van der Waals surface area contributed by atoms with Crippen LogP contribution in [0.2, 0.25) is 0 Å². The van der Waals surface area contributed by atoms with E-state index in [0.29, 0.717) is 11.0 Å². The van der Waals surface area contributed by atoms with Crippen molar-refractivity contribution in [2.45, 2.75) is 43.1 Å². The lowest BCUT2D eigenvalue weighted by molar-refractivity contribution is 0.0998. The van der Waals surface area contributed by atoms with Gasteiger partial charge in [0.1, 0.15) is 11.3 Å². The summed E-state index contributed by atoms with van der Waals surface area (Å²) in [6, 6.07) is 15.2. The van der Waals surface area contributed by atoms with E-state index in [4.69, 9.17) is 9.15 Å². The van der Waals surface area contributed by atoms with Crippen LogP contribution in [0.1, 0.15) is 48.2 Å². The van der Waals surface area contributed by atoms with Crippen LogP contribution in [-0.4, -0.2) is 18.3 Å². The van der Waals surface area contributed by atoms with Crippen LogP contribution in [0.5, 0.6) is 5.75 Å². The molecule has 0 atom stereocenters. The van der Waals surface area contributed by atoms with Crippen LogP contribution in [0.25, 0.3) is 11.0 Å². The first-order valence-electron chi connectivity index (χ1n) is 9.82. The second-order valence-electron chi connectivity index (χ2n) is 7.16. The number of furan rings is 1. The minimum atomic E-state index is -0.208. The second-order valence-corrected chi connectivity index (χ2v) is 8.45. The summed E-state index contributed by atoms with van der Waals surface area (Å²) in [6.07, 6.45) is 6.52. The molecule has 1 aliphatic rings. The molecule has 3 aromatic rings. The third-order valence-corrected chi connectivity index (χ3v) is 6.67. The van der Waals surface area contributed by atoms with Gasteiger partial charge < -0.3 is 14.5 Å². The molecule has 1 saturated carbocycles. The van der Waals surface area contributed by atoms with Crippen LogP contribution in [0.4, 0.5) is 5.69 Å². The van der Waals surface area contributed by atoms with E-state index in [-0.39, 0.29) is 5.91 Å². The van der Waals surface area contributed by atoms with Crippen molar-refractivity contribution in [3.63, 3.8) is 0 Å². The van der Waals surface area contributed by atoms with Gasteiger partial charge in [0.25, 0.3) is 5.91 Å². The Morgan fingerprint density at radius 2 is 1.86 bits per heavy atom. The van der Waals surface area contributed by atoms with Crippen molar-refractivity contribution in [2.75, 3.05) is 12.4 Å². The Labute approximate surface area is 169 Å². The quantitative estimate of drug-likeness (QED) is 0.535. The first kappa shape index (κ1) is 18.9. The molecule has 0 spiro atoms. The van der Waals surface area contributed by atoms with E-state index in [1.54, 1.807) is 7.11 Å². The lowest BCUT2D eigenvalue weighted by Crippen LogP contribution is -2.13. The van der Waals surface area contributed by atoms with Gasteiger partial charge in [0.15, 0.2) is 5.76 Å². The number of thioether (sulfide) groups is 1. The van der Waals surface area contributed by atoms with Crippen molar-refractivity contribution in [1.29, 1.82) is 0 Å². The number of methoxy groups -OCH3 is 1. The van der Waals surface area contributed by atoms with E-state index < -0.39 is 0 Å². The average molecular weight is 396 g/mol.